The molecule has 2 aliphatic rings. The molecule has 2 saturated heterocycles. The van der Waals surface area contributed by atoms with Crippen molar-refractivity contribution >= 4 is 5.82 Å². The van der Waals surface area contributed by atoms with Crippen LogP contribution in [0, 0.1) is 5.92 Å². The topological polar surface area (TPSA) is 47.1 Å². The second-order valence-electron chi connectivity index (χ2n) is 12.5. The van der Waals surface area contributed by atoms with Gasteiger partial charge in [-0.1, -0.05) is 91.0 Å². The molecule has 248 valence electrons. The third-order valence-corrected chi connectivity index (χ3v) is 8.94. The summed E-state index contributed by atoms with van der Waals surface area (Å²) in [6, 6.07) is 32.7. The summed E-state index contributed by atoms with van der Waals surface area (Å²) in [4.78, 5) is 8.33. The van der Waals surface area contributed by atoms with E-state index in [0.29, 0.717) is 52.5 Å². The number of ether oxygens (including phenoxy) is 3. The van der Waals surface area contributed by atoms with Crippen LogP contribution in [0.1, 0.15) is 35.1 Å². The zero-order chi connectivity index (χ0) is 32.5. The maximum absolute atomic E-state index is 13.8. The largest absolute Gasteiger partial charge is 0.419 e. The van der Waals surface area contributed by atoms with Crippen molar-refractivity contribution in [3.63, 3.8) is 0 Å². The molecular weight excluding hydrogens is 603 g/mol. The van der Waals surface area contributed by atoms with Gasteiger partial charge in [0.1, 0.15) is 11.9 Å². The second kappa shape index (κ2) is 15.9. The van der Waals surface area contributed by atoms with E-state index in [-0.39, 0.29) is 30.0 Å². The third kappa shape index (κ3) is 9.20. The average Bonchev–Trinajstić information content (AvgIpc) is 3.10. The standard InChI is InChI=1S/C38H42F3N3O3/c39-38(40,41)33-19-10-20-42-37(33)44-21-11-18-32(23-44)22-43-24-34(45-26-29-12-4-1-5-13-29)36(47-28-31-16-8-3-9-17-31)35(25-43)46-27-30-14-6-2-7-15-30/h1-10,12-17,19-20,32,34-36H,11,18,21-28H2/t32-,34-,35-/m0/s1. The molecule has 3 heterocycles. The Bertz CT molecular complexity index is 1460. The number of hydrogen-bond acceptors (Lipinski definition) is 6. The predicted octanol–water partition coefficient (Wildman–Crippen LogP) is 7.39. The maximum Gasteiger partial charge on any atom is 0.419 e. The van der Waals surface area contributed by atoms with Crippen LogP contribution in [0.15, 0.2) is 109 Å². The van der Waals surface area contributed by atoms with Crippen LogP contribution in [-0.4, -0.2) is 60.9 Å². The molecule has 0 bridgehead atoms. The van der Waals surface area contributed by atoms with E-state index in [4.69, 9.17) is 14.2 Å². The van der Waals surface area contributed by atoms with Gasteiger partial charge in [0.05, 0.1) is 37.6 Å². The molecule has 2 fully saturated rings. The van der Waals surface area contributed by atoms with Crippen LogP contribution in [0.2, 0.25) is 0 Å². The van der Waals surface area contributed by atoms with Crippen molar-refractivity contribution in [3.05, 3.63) is 132 Å². The van der Waals surface area contributed by atoms with E-state index in [1.807, 2.05) is 78.9 Å². The van der Waals surface area contributed by atoms with Crippen LogP contribution in [0.3, 0.4) is 0 Å². The van der Waals surface area contributed by atoms with Gasteiger partial charge in [0.15, 0.2) is 0 Å². The first kappa shape index (κ1) is 33.2. The molecule has 9 heteroatoms. The van der Waals surface area contributed by atoms with Crippen LogP contribution < -0.4 is 4.90 Å². The van der Waals surface area contributed by atoms with E-state index >= 15 is 0 Å². The number of benzene rings is 3. The summed E-state index contributed by atoms with van der Waals surface area (Å²) in [5.41, 5.74) is 2.55. The number of hydrogen-bond donors (Lipinski definition) is 0. The highest BCUT2D eigenvalue weighted by molar-refractivity contribution is 5.48. The van der Waals surface area contributed by atoms with Crippen molar-refractivity contribution in [2.24, 2.45) is 5.92 Å². The van der Waals surface area contributed by atoms with Gasteiger partial charge in [0.2, 0.25) is 0 Å². The number of nitrogens with zero attached hydrogens (tertiary/aromatic N) is 3. The Kier molecular flexibility index (Phi) is 11.2. The molecule has 1 aromatic heterocycles. The molecule has 0 N–H and O–H groups in total. The molecular formula is C38H42F3N3O3. The first-order valence-electron chi connectivity index (χ1n) is 16.4. The number of alkyl halides is 3. The van der Waals surface area contributed by atoms with Gasteiger partial charge in [-0.05, 0) is 47.6 Å². The third-order valence-electron chi connectivity index (χ3n) is 8.94. The molecule has 0 amide bonds. The quantitative estimate of drug-likeness (QED) is 0.160. The summed E-state index contributed by atoms with van der Waals surface area (Å²) in [5.74, 6) is 0.184. The van der Waals surface area contributed by atoms with Crippen molar-refractivity contribution in [3.8, 4) is 0 Å². The molecule has 2 aliphatic heterocycles. The summed E-state index contributed by atoms with van der Waals surface area (Å²) in [7, 11) is 0. The monoisotopic (exact) mass is 645 g/mol. The van der Waals surface area contributed by atoms with E-state index in [9.17, 15) is 13.2 Å². The van der Waals surface area contributed by atoms with Crippen molar-refractivity contribution in [1.29, 1.82) is 0 Å². The van der Waals surface area contributed by atoms with Crippen LogP contribution in [0.25, 0.3) is 0 Å². The highest BCUT2D eigenvalue weighted by Gasteiger charge is 2.41. The number of pyridine rings is 1. The minimum atomic E-state index is -4.45. The molecule has 0 spiro atoms. The lowest BCUT2D eigenvalue weighted by Crippen LogP contribution is -2.59. The van der Waals surface area contributed by atoms with Gasteiger partial charge in [-0.2, -0.15) is 13.2 Å². The predicted molar refractivity (Wildman–Crippen MR) is 176 cm³/mol. The van der Waals surface area contributed by atoms with E-state index < -0.39 is 11.7 Å². The van der Waals surface area contributed by atoms with E-state index in [0.717, 1.165) is 35.6 Å². The van der Waals surface area contributed by atoms with Gasteiger partial charge in [-0.3, -0.25) is 4.90 Å². The van der Waals surface area contributed by atoms with Crippen LogP contribution in [-0.2, 0) is 40.2 Å². The summed E-state index contributed by atoms with van der Waals surface area (Å²) in [6.45, 7) is 4.35. The fraction of sp³-hybridized carbons (Fsp3) is 0.395. The van der Waals surface area contributed by atoms with Crippen molar-refractivity contribution in [2.75, 3.05) is 37.6 Å². The smallest absolute Gasteiger partial charge is 0.369 e. The van der Waals surface area contributed by atoms with E-state index in [1.54, 1.807) is 4.90 Å². The Morgan fingerprint density at radius 3 is 1.72 bits per heavy atom. The molecule has 4 aromatic rings. The zero-order valence-electron chi connectivity index (χ0n) is 26.5. The lowest BCUT2D eigenvalue weighted by atomic mass is 9.94. The summed E-state index contributed by atoms with van der Waals surface area (Å²) < 4.78 is 61.4. The van der Waals surface area contributed by atoms with Gasteiger partial charge in [-0.15, -0.1) is 0 Å². The average molecular weight is 646 g/mol. The Morgan fingerprint density at radius 2 is 1.19 bits per heavy atom. The van der Waals surface area contributed by atoms with Crippen molar-refractivity contribution in [2.45, 2.75) is 57.2 Å². The molecule has 0 saturated carbocycles. The van der Waals surface area contributed by atoms with Crippen LogP contribution in [0.4, 0.5) is 19.0 Å². The molecule has 0 unspecified atom stereocenters. The first-order chi connectivity index (χ1) is 22.9. The number of halogens is 3. The molecule has 6 rings (SSSR count). The molecule has 0 radical (unpaired) electrons. The Labute approximate surface area is 275 Å². The fourth-order valence-electron chi connectivity index (χ4n) is 6.65. The van der Waals surface area contributed by atoms with Crippen molar-refractivity contribution < 1.29 is 27.4 Å². The maximum atomic E-state index is 13.8. The van der Waals surface area contributed by atoms with Crippen LogP contribution in [0.5, 0.6) is 0 Å². The lowest BCUT2D eigenvalue weighted by Gasteiger charge is -2.45. The summed E-state index contributed by atoms with van der Waals surface area (Å²) in [6.07, 6.45) is -2.15. The van der Waals surface area contributed by atoms with Gasteiger partial charge >= 0.3 is 6.18 Å². The highest BCUT2D eigenvalue weighted by Crippen LogP contribution is 2.37. The van der Waals surface area contributed by atoms with Gasteiger partial charge in [-0.25, -0.2) is 4.98 Å². The minimum absolute atomic E-state index is 0.0193. The number of piperidine rings is 2. The van der Waals surface area contributed by atoms with Crippen LogP contribution >= 0.6 is 0 Å². The van der Waals surface area contributed by atoms with Gasteiger partial charge < -0.3 is 19.1 Å². The SMILES string of the molecule is FC(F)(F)c1cccnc1N1CCC[C@@H](CN2C[C@H](OCc3ccccc3)C(OCc3ccccc3)[C@@H](OCc3ccccc3)C2)C1. The minimum Gasteiger partial charge on any atom is -0.369 e. The lowest BCUT2D eigenvalue weighted by molar-refractivity contribution is -0.185. The number of aromatic nitrogens is 1. The Morgan fingerprint density at radius 1 is 0.660 bits per heavy atom. The first-order valence-corrected chi connectivity index (χ1v) is 16.4. The molecule has 3 aromatic carbocycles. The fourth-order valence-corrected chi connectivity index (χ4v) is 6.65. The zero-order valence-corrected chi connectivity index (χ0v) is 26.5. The number of likely N-dealkylation sites (tertiary alicyclic amines) is 1. The van der Waals surface area contributed by atoms with Crippen molar-refractivity contribution in [1.82, 2.24) is 9.88 Å². The molecule has 6 nitrogen and oxygen atoms in total. The van der Waals surface area contributed by atoms with Gasteiger partial charge in [0.25, 0.3) is 0 Å². The molecule has 0 aliphatic carbocycles. The summed E-state index contributed by atoms with van der Waals surface area (Å²) in [5, 5.41) is 0. The van der Waals surface area contributed by atoms with E-state index in [1.165, 1.54) is 12.3 Å². The molecule has 47 heavy (non-hydrogen) atoms. The highest BCUT2D eigenvalue weighted by atomic mass is 19.4. The van der Waals surface area contributed by atoms with Gasteiger partial charge in [0, 0.05) is 38.9 Å². The van der Waals surface area contributed by atoms with E-state index in [2.05, 4.69) is 22.0 Å². The summed E-state index contributed by atoms with van der Waals surface area (Å²) >= 11 is 0. The second-order valence-corrected chi connectivity index (χ2v) is 12.5. The number of rotatable bonds is 12. The Balaban J connectivity index is 1.20. The molecule has 3 atom stereocenters. The number of anilines is 1. The normalized spacial score (nSPS) is 21.2. The Hall–Kier alpha value is -3.76.